The Labute approximate surface area is 169 Å². The van der Waals surface area contributed by atoms with E-state index < -0.39 is 6.04 Å². The number of hydrogen-bond donors (Lipinski definition) is 4. The van der Waals surface area contributed by atoms with Crippen molar-refractivity contribution in [2.45, 2.75) is 53.1 Å². The summed E-state index contributed by atoms with van der Waals surface area (Å²) in [6.45, 7) is 11.2. The van der Waals surface area contributed by atoms with Crippen molar-refractivity contribution < 1.29 is 9.59 Å². The summed E-state index contributed by atoms with van der Waals surface area (Å²) in [4.78, 5) is 25.1. The Balaban J connectivity index is 0.000000642. The highest BCUT2D eigenvalue weighted by Crippen LogP contribution is 2.21. The Bertz CT molecular complexity index is 537. The molecule has 1 rings (SSSR count). The molecule has 26 heavy (non-hydrogen) atoms. The van der Waals surface area contributed by atoms with Crippen LogP contribution in [0.4, 0.5) is 0 Å². The third-order valence-corrected chi connectivity index (χ3v) is 5.33. The molecule has 1 heterocycles. The van der Waals surface area contributed by atoms with Crippen molar-refractivity contribution in [2.24, 2.45) is 11.7 Å². The zero-order chi connectivity index (χ0) is 20.1. The van der Waals surface area contributed by atoms with Crippen molar-refractivity contribution >= 4 is 39.1 Å². The van der Waals surface area contributed by atoms with Crippen LogP contribution in [0.15, 0.2) is 15.9 Å². The fraction of sp³-hybridized carbons (Fsp3) is 0.667. The molecule has 5 N–H and O–H groups in total. The van der Waals surface area contributed by atoms with Gasteiger partial charge in [0.05, 0.1) is 9.83 Å². The molecule has 0 fully saturated rings. The van der Waals surface area contributed by atoms with Gasteiger partial charge in [0.1, 0.15) is 6.04 Å². The monoisotopic (exact) mass is 448 g/mol. The van der Waals surface area contributed by atoms with Crippen LogP contribution in [0.1, 0.15) is 39.5 Å². The van der Waals surface area contributed by atoms with Crippen molar-refractivity contribution in [1.82, 2.24) is 16.0 Å². The lowest BCUT2D eigenvalue weighted by molar-refractivity contribution is -0.130. The predicted molar refractivity (Wildman–Crippen MR) is 113 cm³/mol. The second-order valence-corrected chi connectivity index (χ2v) is 8.70. The van der Waals surface area contributed by atoms with E-state index in [0.29, 0.717) is 19.6 Å². The molecule has 0 saturated carbocycles. The number of amides is 2. The Morgan fingerprint density at radius 2 is 1.85 bits per heavy atom. The second-order valence-electron chi connectivity index (χ2n) is 6.15. The van der Waals surface area contributed by atoms with E-state index in [1.54, 1.807) is 18.3 Å². The molecule has 0 aliphatic carbocycles. The zero-order valence-corrected chi connectivity index (χ0v) is 18.8. The van der Waals surface area contributed by atoms with Gasteiger partial charge in [-0.3, -0.25) is 9.59 Å². The normalized spacial score (nSPS) is 12.8. The maximum absolute atomic E-state index is 11.9. The molecule has 0 aliphatic heterocycles. The number of carbonyl (C=O) groups is 2. The molecule has 0 bridgehead atoms. The van der Waals surface area contributed by atoms with E-state index in [-0.39, 0.29) is 23.8 Å². The van der Waals surface area contributed by atoms with E-state index >= 15 is 0 Å². The molecule has 150 valence electrons. The number of nitrogens with two attached hydrogens (primary N) is 1. The minimum Gasteiger partial charge on any atom is -0.355 e. The predicted octanol–water partition coefficient (Wildman–Crippen LogP) is 2.27. The average molecular weight is 449 g/mol. The molecule has 1 aromatic rings. The van der Waals surface area contributed by atoms with E-state index in [9.17, 15) is 9.59 Å². The van der Waals surface area contributed by atoms with Crippen LogP contribution in [0, 0.1) is 5.92 Å². The fourth-order valence-corrected chi connectivity index (χ4v) is 3.45. The van der Waals surface area contributed by atoms with Gasteiger partial charge in [-0.2, -0.15) is 0 Å². The first-order valence-corrected chi connectivity index (χ1v) is 10.6. The van der Waals surface area contributed by atoms with Crippen LogP contribution in [0.3, 0.4) is 0 Å². The van der Waals surface area contributed by atoms with Gasteiger partial charge in [0.15, 0.2) is 0 Å². The molecular weight excluding hydrogens is 416 g/mol. The lowest BCUT2D eigenvalue weighted by Gasteiger charge is -2.23. The van der Waals surface area contributed by atoms with Crippen LogP contribution in [0.2, 0.25) is 0 Å². The third-order valence-electron chi connectivity index (χ3n) is 3.56. The number of hydrogen-bond acceptors (Lipinski definition) is 5. The van der Waals surface area contributed by atoms with Crippen molar-refractivity contribution in [3.8, 4) is 0 Å². The van der Waals surface area contributed by atoms with Gasteiger partial charge >= 0.3 is 0 Å². The lowest BCUT2D eigenvalue weighted by atomic mass is 10.0. The van der Waals surface area contributed by atoms with Crippen LogP contribution in [-0.2, 0) is 16.0 Å². The van der Waals surface area contributed by atoms with Crippen LogP contribution in [-0.4, -0.2) is 43.5 Å². The third kappa shape index (κ3) is 10.3. The summed E-state index contributed by atoms with van der Waals surface area (Å²) in [5.74, 6) is -0.289. The molecule has 8 heteroatoms. The van der Waals surface area contributed by atoms with Gasteiger partial charge in [0, 0.05) is 24.5 Å². The van der Waals surface area contributed by atoms with Gasteiger partial charge in [0.25, 0.3) is 0 Å². The average Bonchev–Trinajstić information content (AvgIpc) is 3.03. The summed E-state index contributed by atoms with van der Waals surface area (Å²) < 4.78 is 1.23. The summed E-state index contributed by atoms with van der Waals surface area (Å²) >= 11 is 5.20. The van der Waals surface area contributed by atoms with Crippen LogP contribution in [0.25, 0.3) is 0 Å². The first-order chi connectivity index (χ1) is 12.3. The van der Waals surface area contributed by atoms with Crippen LogP contribution >= 0.6 is 27.3 Å². The number of likely N-dealkylation sites (N-methyl/N-ethyl adjacent to an activating group) is 1. The Morgan fingerprint density at radius 1 is 1.19 bits per heavy atom. The van der Waals surface area contributed by atoms with Crippen molar-refractivity contribution in [3.05, 3.63) is 20.8 Å². The summed E-state index contributed by atoms with van der Waals surface area (Å²) in [6, 6.07) is 3.38. The number of nitrogens with one attached hydrogen (secondary N) is 3. The van der Waals surface area contributed by atoms with Gasteiger partial charge in [-0.05, 0) is 54.2 Å². The van der Waals surface area contributed by atoms with Gasteiger partial charge in [-0.15, -0.1) is 11.3 Å². The Hall–Kier alpha value is -0.960. The topological polar surface area (TPSA) is 96.2 Å². The minimum atomic E-state index is -0.500. The molecule has 0 radical (unpaired) electrons. The fourth-order valence-electron chi connectivity index (χ4n) is 2.03. The van der Waals surface area contributed by atoms with Crippen LogP contribution in [0.5, 0.6) is 0 Å². The molecule has 2 atom stereocenters. The summed E-state index contributed by atoms with van der Waals surface area (Å²) in [6.07, 6.45) is 1.15. The van der Waals surface area contributed by atoms with Crippen molar-refractivity contribution in [3.63, 3.8) is 0 Å². The second kappa shape index (κ2) is 14.1. The summed E-state index contributed by atoms with van der Waals surface area (Å²) in [5, 5.41) is 8.45. The number of halogens is 1. The maximum Gasteiger partial charge on any atom is 0.242 e. The quantitative estimate of drug-likeness (QED) is 0.465. The zero-order valence-electron chi connectivity index (χ0n) is 16.4. The molecule has 6 nitrogen and oxygen atoms in total. The highest BCUT2D eigenvalue weighted by molar-refractivity contribution is 9.11. The largest absolute Gasteiger partial charge is 0.355 e. The highest BCUT2D eigenvalue weighted by Gasteiger charge is 2.25. The Morgan fingerprint density at radius 3 is 2.23 bits per heavy atom. The molecule has 0 aliphatic rings. The first-order valence-electron chi connectivity index (χ1n) is 9.02. The van der Waals surface area contributed by atoms with Crippen molar-refractivity contribution in [1.29, 1.82) is 0 Å². The molecule has 1 unspecified atom stereocenters. The number of thiophene rings is 1. The standard InChI is InChI=1S/C12H26N4O2.C6H7BrS/c1-5-14-12(18)10(8(2)3)16-11(17)9(4)15-7-6-13;1-2-5-3-4-6(7)8-5/h8-10,15H,5-7,13H2,1-4H3,(H,14,18)(H,16,17);3-4H,2H2,1H3/t9?,10-;/m0./s1. The van der Waals surface area contributed by atoms with E-state index in [2.05, 4.69) is 50.9 Å². The number of rotatable bonds is 9. The summed E-state index contributed by atoms with van der Waals surface area (Å²) in [5.41, 5.74) is 5.36. The summed E-state index contributed by atoms with van der Waals surface area (Å²) in [7, 11) is 0. The van der Waals surface area contributed by atoms with Gasteiger partial charge in [0.2, 0.25) is 11.8 Å². The van der Waals surface area contributed by atoms with Crippen molar-refractivity contribution in [2.75, 3.05) is 19.6 Å². The molecule has 0 saturated heterocycles. The van der Waals surface area contributed by atoms with Gasteiger partial charge in [-0.1, -0.05) is 20.8 Å². The Kier molecular flexibility index (Phi) is 13.6. The smallest absolute Gasteiger partial charge is 0.242 e. The SMILES string of the molecule is CCNC(=O)[C@@H](NC(=O)C(C)NCCN)C(C)C.CCc1ccc(Br)s1. The first kappa shape index (κ1) is 25.0. The lowest BCUT2D eigenvalue weighted by Crippen LogP contribution is -2.54. The van der Waals surface area contributed by atoms with E-state index in [0.717, 1.165) is 6.42 Å². The van der Waals surface area contributed by atoms with E-state index in [4.69, 9.17) is 5.73 Å². The molecule has 0 aromatic carbocycles. The number of aryl methyl sites for hydroxylation is 1. The molecule has 0 spiro atoms. The van der Waals surface area contributed by atoms with Gasteiger partial charge < -0.3 is 21.7 Å². The number of carbonyl (C=O) groups excluding carboxylic acids is 2. The maximum atomic E-state index is 11.9. The minimum absolute atomic E-state index is 0.0437. The highest BCUT2D eigenvalue weighted by atomic mass is 79.9. The van der Waals surface area contributed by atoms with Gasteiger partial charge in [-0.25, -0.2) is 0 Å². The van der Waals surface area contributed by atoms with Crippen LogP contribution < -0.4 is 21.7 Å². The molecular formula is C18H33BrN4O2S. The van der Waals surface area contributed by atoms with E-state index in [1.807, 2.05) is 20.8 Å². The molecule has 1 aromatic heterocycles. The van der Waals surface area contributed by atoms with E-state index in [1.165, 1.54) is 8.66 Å². The molecule has 2 amide bonds.